The van der Waals surface area contributed by atoms with Gasteiger partial charge in [-0.25, -0.2) is 9.37 Å². The SMILES string of the molecule is Cc1csc2nc(C3CC3)c(CBr)c(-c3ccc(F)cc3)c12. The van der Waals surface area contributed by atoms with Crippen LogP contribution in [0.1, 0.15) is 35.6 Å². The molecule has 0 amide bonds. The van der Waals surface area contributed by atoms with E-state index in [4.69, 9.17) is 4.98 Å². The number of nitrogens with zero attached hydrogens (tertiary/aromatic N) is 1. The van der Waals surface area contributed by atoms with Gasteiger partial charge in [0.15, 0.2) is 0 Å². The Hall–Kier alpha value is -1.26. The van der Waals surface area contributed by atoms with Crippen LogP contribution < -0.4 is 0 Å². The number of alkyl halides is 1. The maximum absolute atomic E-state index is 13.3. The molecular formula is C18H15BrFNS. The number of halogens is 2. The van der Waals surface area contributed by atoms with Crippen molar-refractivity contribution in [3.8, 4) is 11.1 Å². The fraction of sp³-hybridized carbons (Fsp3) is 0.278. The van der Waals surface area contributed by atoms with Crippen LogP contribution in [-0.2, 0) is 5.33 Å². The molecule has 112 valence electrons. The lowest BCUT2D eigenvalue weighted by atomic mass is 9.94. The minimum atomic E-state index is -0.195. The summed E-state index contributed by atoms with van der Waals surface area (Å²) in [5, 5.41) is 4.17. The van der Waals surface area contributed by atoms with E-state index >= 15 is 0 Å². The summed E-state index contributed by atoms with van der Waals surface area (Å²) >= 11 is 5.36. The number of benzene rings is 1. The van der Waals surface area contributed by atoms with Crippen LogP contribution in [-0.4, -0.2) is 4.98 Å². The zero-order valence-electron chi connectivity index (χ0n) is 12.2. The molecule has 0 saturated heterocycles. The van der Waals surface area contributed by atoms with Crippen molar-refractivity contribution < 1.29 is 4.39 Å². The van der Waals surface area contributed by atoms with Crippen LogP contribution >= 0.6 is 27.3 Å². The van der Waals surface area contributed by atoms with Crippen molar-refractivity contribution in [2.24, 2.45) is 0 Å². The summed E-state index contributed by atoms with van der Waals surface area (Å²) in [5.74, 6) is 0.400. The largest absolute Gasteiger partial charge is 0.241 e. The van der Waals surface area contributed by atoms with Crippen molar-refractivity contribution in [3.63, 3.8) is 0 Å². The molecule has 2 aromatic heterocycles. The third-order valence-electron chi connectivity index (χ3n) is 4.27. The van der Waals surface area contributed by atoms with E-state index in [-0.39, 0.29) is 5.82 Å². The van der Waals surface area contributed by atoms with Crippen LogP contribution in [0.3, 0.4) is 0 Å². The van der Waals surface area contributed by atoms with E-state index in [2.05, 4.69) is 28.2 Å². The highest BCUT2D eigenvalue weighted by atomic mass is 79.9. The van der Waals surface area contributed by atoms with Gasteiger partial charge in [-0.2, -0.15) is 0 Å². The van der Waals surface area contributed by atoms with E-state index in [1.807, 2.05) is 12.1 Å². The van der Waals surface area contributed by atoms with Crippen molar-refractivity contribution in [3.05, 3.63) is 52.3 Å². The third-order valence-corrected chi connectivity index (χ3v) is 5.82. The summed E-state index contributed by atoms with van der Waals surface area (Å²) in [4.78, 5) is 6.05. The molecule has 0 atom stereocenters. The molecule has 0 radical (unpaired) electrons. The molecule has 22 heavy (non-hydrogen) atoms. The van der Waals surface area contributed by atoms with Crippen molar-refractivity contribution in [2.75, 3.05) is 0 Å². The first kappa shape index (κ1) is 14.3. The molecule has 1 fully saturated rings. The number of rotatable bonds is 3. The molecule has 0 spiro atoms. The molecule has 0 N–H and O–H groups in total. The molecule has 1 nitrogen and oxygen atoms in total. The van der Waals surface area contributed by atoms with Gasteiger partial charge in [-0.1, -0.05) is 28.1 Å². The Morgan fingerprint density at radius 3 is 2.64 bits per heavy atom. The quantitative estimate of drug-likeness (QED) is 0.497. The fourth-order valence-corrected chi connectivity index (χ4v) is 4.54. The first-order chi connectivity index (χ1) is 10.7. The van der Waals surface area contributed by atoms with E-state index in [0.29, 0.717) is 5.92 Å². The smallest absolute Gasteiger partial charge is 0.124 e. The van der Waals surface area contributed by atoms with Gasteiger partial charge >= 0.3 is 0 Å². The molecule has 1 aliphatic rings. The van der Waals surface area contributed by atoms with E-state index in [9.17, 15) is 4.39 Å². The number of fused-ring (bicyclic) bond motifs is 1. The van der Waals surface area contributed by atoms with Crippen LogP contribution in [0.15, 0.2) is 29.6 Å². The van der Waals surface area contributed by atoms with Crippen molar-refractivity contribution in [2.45, 2.75) is 31.0 Å². The highest BCUT2D eigenvalue weighted by Crippen LogP contribution is 2.46. The maximum atomic E-state index is 13.3. The van der Waals surface area contributed by atoms with Crippen molar-refractivity contribution in [1.82, 2.24) is 4.98 Å². The Morgan fingerprint density at radius 1 is 1.27 bits per heavy atom. The molecule has 1 aromatic carbocycles. The first-order valence-electron chi connectivity index (χ1n) is 7.41. The standard InChI is InChI=1S/C18H15BrFNS/c1-10-9-22-18-15(10)16(11-4-6-13(20)7-5-11)14(8-19)17(21-18)12-2-3-12/h4-7,9,12H,2-3,8H2,1H3. The van der Waals surface area contributed by atoms with Gasteiger partial charge in [-0.15, -0.1) is 11.3 Å². The second-order valence-electron chi connectivity index (χ2n) is 5.86. The lowest BCUT2D eigenvalue weighted by Gasteiger charge is -2.15. The lowest BCUT2D eigenvalue weighted by Crippen LogP contribution is -1.99. The topological polar surface area (TPSA) is 12.9 Å². The molecule has 1 aliphatic carbocycles. The van der Waals surface area contributed by atoms with Crippen molar-refractivity contribution >= 4 is 37.5 Å². The Morgan fingerprint density at radius 2 is 2.00 bits per heavy atom. The molecule has 4 heteroatoms. The van der Waals surface area contributed by atoms with Gasteiger partial charge in [-0.05, 0) is 59.5 Å². The highest BCUT2D eigenvalue weighted by molar-refractivity contribution is 9.08. The summed E-state index contributed by atoms with van der Waals surface area (Å²) in [6, 6.07) is 6.84. The number of hydrogen-bond donors (Lipinski definition) is 0. The number of aromatic nitrogens is 1. The van der Waals surface area contributed by atoms with E-state index < -0.39 is 0 Å². The molecule has 0 bridgehead atoms. The van der Waals surface area contributed by atoms with Crippen LogP contribution in [0.2, 0.25) is 0 Å². The number of aryl methyl sites for hydroxylation is 1. The number of thiophene rings is 1. The molecule has 0 aliphatic heterocycles. The Balaban J connectivity index is 2.08. The van der Waals surface area contributed by atoms with Gasteiger partial charge in [-0.3, -0.25) is 0 Å². The van der Waals surface area contributed by atoms with E-state index in [1.54, 1.807) is 11.3 Å². The molecule has 1 saturated carbocycles. The Bertz CT molecular complexity index is 850. The van der Waals surface area contributed by atoms with E-state index in [1.165, 1.54) is 52.7 Å². The zero-order chi connectivity index (χ0) is 15.3. The second-order valence-corrected chi connectivity index (χ2v) is 7.28. The predicted octanol–water partition coefficient (Wildman–Crippen LogP) is 6.18. The van der Waals surface area contributed by atoms with Gasteiger partial charge in [0.05, 0.1) is 0 Å². The van der Waals surface area contributed by atoms with Gasteiger partial charge in [0.1, 0.15) is 10.6 Å². The maximum Gasteiger partial charge on any atom is 0.124 e. The van der Waals surface area contributed by atoms with Crippen LogP contribution in [0.25, 0.3) is 21.3 Å². The lowest BCUT2D eigenvalue weighted by molar-refractivity contribution is 0.628. The third kappa shape index (κ3) is 2.29. The summed E-state index contributed by atoms with van der Waals surface area (Å²) in [7, 11) is 0. The minimum Gasteiger partial charge on any atom is -0.241 e. The van der Waals surface area contributed by atoms with Gasteiger partial charge < -0.3 is 0 Å². The Labute approximate surface area is 141 Å². The summed E-state index contributed by atoms with van der Waals surface area (Å²) in [6.45, 7) is 2.13. The van der Waals surface area contributed by atoms with Crippen LogP contribution in [0, 0.1) is 12.7 Å². The van der Waals surface area contributed by atoms with Crippen LogP contribution in [0.4, 0.5) is 4.39 Å². The highest BCUT2D eigenvalue weighted by Gasteiger charge is 2.30. The Kier molecular flexibility index (Phi) is 3.54. The minimum absolute atomic E-state index is 0.195. The molecule has 3 aromatic rings. The average molecular weight is 376 g/mol. The van der Waals surface area contributed by atoms with Gasteiger partial charge in [0.25, 0.3) is 0 Å². The normalized spacial score (nSPS) is 14.7. The second kappa shape index (κ2) is 5.43. The number of hydrogen-bond acceptors (Lipinski definition) is 2. The average Bonchev–Trinajstić information content (AvgIpc) is 3.31. The van der Waals surface area contributed by atoms with Crippen molar-refractivity contribution in [1.29, 1.82) is 0 Å². The van der Waals surface area contributed by atoms with Crippen LogP contribution in [0.5, 0.6) is 0 Å². The molecule has 2 heterocycles. The number of pyridine rings is 1. The summed E-state index contributed by atoms with van der Waals surface area (Å²) < 4.78 is 13.3. The monoisotopic (exact) mass is 375 g/mol. The first-order valence-corrected chi connectivity index (χ1v) is 9.41. The zero-order valence-corrected chi connectivity index (χ0v) is 14.6. The van der Waals surface area contributed by atoms with E-state index in [0.717, 1.165) is 15.7 Å². The van der Waals surface area contributed by atoms with Gasteiger partial charge in [0, 0.05) is 22.3 Å². The fourth-order valence-electron chi connectivity index (χ4n) is 3.04. The predicted molar refractivity (Wildman–Crippen MR) is 94.4 cm³/mol. The molecule has 4 rings (SSSR count). The summed E-state index contributed by atoms with van der Waals surface area (Å²) in [6.07, 6.45) is 2.46. The summed E-state index contributed by atoms with van der Waals surface area (Å²) in [5.41, 5.74) is 6.04. The molecular weight excluding hydrogens is 361 g/mol. The van der Waals surface area contributed by atoms with Gasteiger partial charge in [0.2, 0.25) is 0 Å². The molecule has 0 unspecified atom stereocenters.